The molecule has 1 amide bonds. The number of carbonyl (C=O) groups is 1. The van der Waals surface area contributed by atoms with E-state index < -0.39 is 4.92 Å². The molecule has 0 spiro atoms. The van der Waals surface area contributed by atoms with Crippen molar-refractivity contribution in [3.8, 4) is 11.5 Å². The first-order valence-electron chi connectivity index (χ1n) is 7.49. The first-order valence-corrected chi connectivity index (χ1v) is 7.49. The Morgan fingerprint density at radius 1 is 1.46 bits per heavy atom. The topological polar surface area (TPSA) is 93.9 Å². The van der Waals surface area contributed by atoms with Gasteiger partial charge in [0.1, 0.15) is 5.56 Å². The average molecular weight is 360 g/mol. The summed E-state index contributed by atoms with van der Waals surface area (Å²) >= 11 is 0. The fourth-order valence-corrected chi connectivity index (χ4v) is 2.59. The van der Waals surface area contributed by atoms with Crippen LogP contribution in [0.5, 0.6) is 11.5 Å². The van der Waals surface area contributed by atoms with E-state index in [9.17, 15) is 14.9 Å². The van der Waals surface area contributed by atoms with Crippen LogP contribution in [0.1, 0.15) is 24.2 Å². The Hall–Kier alpha value is -2.06. The standard InChI is InChI=1S/C15H21N3O5.ClH/c1-4-23-14-7-11(12(18(20)21)8-13(14)22-3)15(19)17-6-5-16-10(2)9-17;/h7-8,10,16H,4-6,9H2,1-3H3;1H. The lowest BCUT2D eigenvalue weighted by Gasteiger charge is -2.31. The van der Waals surface area contributed by atoms with Crippen LogP contribution in [-0.4, -0.2) is 55.1 Å². The summed E-state index contributed by atoms with van der Waals surface area (Å²) in [5.74, 6) is 0.199. The molecule has 1 aromatic carbocycles. The molecule has 1 heterocycles. The minimum absolute atomic E-state index is 0. The van der Waals surface area contributed by atoms with Crippen molar-refractivity contribution in [1.29, 1.82) is 0 Å². The molecule has 1 aliphatic rings. The third kappa shape index (κ3) is 4.27. The van der Waals surface area contributed by atoms with Crippen molar-refractivity contribution in [2.45, 2.75) is 19.9 Å². The third-order valence-corrected chi connectivity index (χ3v) is 3.66. The normalized spacial score (nSPS) is 17.0. The van der Waals surface area contributed by atoms with Crippen LogP contribution in [0, 0.1) is 10.1 Å². The molecule has 0 radical (unpaired) electrons. The molecule has 1 aromatic rings. The predicted octanol–water partition coefficient (Wildman–Crippen LogP) is 1.86. The minimum Gasteiger partial charge on any atom is -0.493 e. The van der Waals surface area contributed by atoms with Gasteiger partial charge in [-0.05, 0) is 13.8 Å². The quantitative estimate of drug-likeness (QED) is 0.637. The molecule has 24 heavy (non-hydrogen) atoms. The Kier molecular flexibility index (Phi) is 7.24. The molecule has 1 unspecified atom stereocenters. The molecule has 0 bridgehead atoms. The highest BCUT2D eigenvalue weighted by Gasteiger charge is 2.29. The van der Waals surface area contributed by atoms with Gasteiger partial charge in [-0.3, -0.25) is 14.9 Å². The summed E-state index contributed by atoms with van der Waals surface area (Å²) in [5.41, 5.74) is -0.255. The molecule has 1 atom stereocenters. The van der Waals surface area contributed by atoms with Gasteiger partial charge in [0.2, 0.25) is 0 Å². The Morgan fingerprint density at radius 2 is 2.17 bits per heavy atom. The number of hydrogen-bond donors (Lipinski definition) is 1. The van der Waals surface area contributed by atoms with Crippen LogP contribution >= 0.6 is 12.4 Å². The van der Waals surface area contributed by atoms with Gasteiger partial charge in [0.05, 0.1) is 24.7 Å². The second-order valence-electron chi connectivity index (χ2n) is 5.32. The zero-order chi connectivity index (χ0) is 17.0. The number of nitrogens with one attached hydrogen (secondary N) is 1. The molecular weight excluding hydrogens is 338 g/mol. The molecule has 0 aliphatic carbocycles. The van der Waals surface area contributed by atoms with Crippen LogP contribution < -0.4 is 14.8 Å². The molecule has 8 nitrogen and oxygen atoms in total. The number of piperazine rings is 1. The van der Waals surface area contributed by atoms with Crippen molar-refractivity contribution >= 4 is 24.0 Å². The van der Waals surface area contributed by atoms with Crippen LogP contribution in [-0.2, 0) is 0 Å². The average Bonchev–Trinajstić information content (AvgIpc) is 2.53. The number of nitro benzene ring substituents is 1. The number of nitro groups is 1. The number of halogens is 1. The molecule has 1 fully saturated rings. The van der Waals surface area contributed by atoms with E-state index in [0.717, 1.165) is 0 Å². The molecule has 134 valence electrons. The van der Waals surface area contributed by atoms with Crippen LogP contribution in [0.3, 0.4) is 0 Å². The predicted molar refractivity (Wildman–Crippen MR) is 91.4 cm³/mol. The molecule has 1 saturated heterocycles. The highest BCUT2D eigenvalue weighted by molar-refractivity contribution is 5.99. The van der Waals surface area contributed by atoms with Crippen molar-refractivity contribution in [1.82, 2.24) is 10.2 Å². The molecule has 1 N–H and O–H groups in total. The van der Waals surface area contributed by atoms with Crippen molar-refractivity contribution in [3.63, 3.8) is 0 Å². The van der Waals surface area contributed by atoms with Gasteiger partial charge in [0.25, 0.3) is 11.6 Å². The summed E-state index contributed by atoms with van der Waals surface area (Å²) < 4.78 is 10.6. The number of methoxy groups -OCH3 is 1. The fraction of sp³-hybridized carbons (Fsp3) is 0.533. The number of hydrogen-bond acceptors (Lipinski definition) is 6. The SMILES string of the molecule is CCOc1cc(C(=O)N2CCNC(C)C2)c([N+](=O)[O-])cc1OC.Cl. The summed E-state index contributed by atoms with van der Waals surface area (Å²) in [5, 5.41) is 14.6. The van der Waals surface area contributed by atoms with Crippen molar-refractivity contribution < 1.29 is 19.2 Å². The van der Waals surface area contributed by atoms with E-state index in [1.807, 2.05) is 6.92 Å². The van der Waals surface area contributed by atoms with E-state index in [4.69, 9.17) is 9.47 Å². The number of ether oxygens (including phenoxy) is 2. The van der Waals surface area contributed by atoms with Gasteiger partial charge in [0, 0.05) is 31.7 Å². The summed E-state index contributed by atoms with van der Waals surface area (Å²) in [6.45, 7) is 5.80. The molecule has 9 heteroatoms. The maximum absolute atomic E-state index is 12.7. The number of benzene rings is 1. The number of carbonyl (C=O) groups excluding carboxylic acids is 1. The maximum atomic E-state index is 12.7. The Labute approximate surface area is 146 Å². The molecular formula is C15H22ClN3O5. The zero-order valence-electron chi connectivity index (χ0n) is 13.9. The molecule has 1 aliphatic heterocycles. The van der Waals surface area contributed by atoms with Crippen molar-refractivity contribution in [2.24, 2.45) is 0 Å². The van der Waals surface area contributed by atoms with E-state index in [2.05, 4.69) is 5.32 Å². The third-order valence-electron chi connectivity index (χ3n) is 3.66. The smallest absolute Gasteiger partial charge is 0.286 e. The van der Waals surface area contributed by atoms with Gasteiger partial charge in [-0.25, -0.2) is 0 Å². The van der Waals surface area contributed by atoms with E-state index >= 15 is 0 Å². The second-order valence-corrected chi connectivity index (χ2v) is 5.32. The Morgan fingerprint density at radius 3 is 2.71 bits per heavy atom. The van der Waals surface area contributed by atoms with Gasteiger partial charge in [-0.1, -0.05) is 0 Å². The molecule has 2 rings (SSSR count). The number of amides is 1. The zero-order valence-corrected chi connectivity index (χ0v) is 14.7. The van der Waals surface area contributed by atoms with E-state index in [0.29, 0.717) is 32.0 Å². The number of nitrogens with zero attached hydrogens (tertiary/aromatic N) is 2. The molecule has 0 aromatic heterocycles. The lowest BCUT2D eigenvalue weighted by molar-refractivity contribution is -0.385. The fourth-order valence-electron chi connectivity index (χ4n) is 2.59. The highest BCUT2D eigenvalue weighted by atomic mass is 35.5. The lowest BCUT2D eigenvalue weighted by Crippen LogP contribution is -2.51. The molecule has 0 saturated carbocycles. The highest BCUT2D eigenvalue weighted by Crippen LogP contribution is 2.35. The van der Waals surface area contributed by atoms with Gasteiger partial charge in [-0.15, -0.1) is 12.4 Å². The summed E-state index contributed by atoms with van der Waals surface area (Å²) in [7, 11) is 1.40. The first-order chi connectivity index (χ1) is 11.0. The minimum atomic E-state index is -0.572. The van der Waals surface area contributed by atoms with Gasteiger partial charge >= 0.3 is 0 Å². The van der Waals surface area contributed by atoms with Gasteiger partial charge in [-0.2, -0.15) is 0 Å². The lowest BCUT2D eigenvalue weighted by atomic mass is 10.1. The summed E-state index contributed by atoms with van der Waals surface area (Å²) in [6.07, 6.45) is 0. The first kappa shape index (κ1) is 20.0. The van der Waals surface area contributed by atoms with E-state index in [1.54, 1.807) is 11.8 Å². The van der Waals surface area contributed by atoms with Crippen LogP contribution in [0.15, 0.2) is 12.1 Å². The summed E-state index contributed by atoms with van der Waals surface area (Å²) in [6, 6.07) is 2.79. The van der Waals surface area contributed by atoms with E-state index in [-0.39, 0.29) is 41.4 Å². The monoisotopic (exact) mass is 359 g/mol. The van der Waals surface area contributed by atoms with Crippen molar-refractivity contribution in [3.05, 3.63) is 27.8 Å². The maximum Gasteiger partial charge on any atom is 0.286 e. The van der Waals surface area contributed by atoms with Crippen molar-refractivity contribution in [2.75, 3.05) is 33.4 Å². The van der Waals surface area contributed by atoms with Gasteiger partial charge < -0.3 is 19.7 Å². The Balaban J connectivity index is 0.00000288. The number of rotatable bonds is 5. The van der Waals surface area contributed by atoms with Crippen LogP contribution in [0.2, 0.25) is 0 Å². The van der Waals surface area contributed by atoms with Gasteiger partial charge in [0.15, 0.2) is 11.5 Å². The van der Waals surface area contributed by atoms with E-state index in [1.165, 1.54) is 19.2 Å². The second kappa shape index (κ2) is 8.70. The van der Waals surface area contributed by atoms with Crippen LogP contribution in [0.25, 0.3) is 0 Å². The Bertz CT molecular complexity index is 611. The summed E-state index contributed by atoms with van der Waals surface area (Å²) in [4.78, 5) is 25.1. The van der Waals surface area contributed by atoms with Crippen LogP contribution in [0.4, 0.5) is 5.69 Å². The largest absolute Gasteiger partial charge is 0.493 e.